The third-order valence-electron chi connectivity index (χ3n) is 2.48. The molecule has 3 amide bonds. The zero-order valence-electron chi connectivity index (χ0n) is 7.78. The molecule has 6 nitrogen and oxygen atoms in total. The third-order valence-corrected chi connectivity index (χ3v) is 2.48. The number of carbonyl (C=O) groups is 2. The minimum absolute atomic E-state index is 0.212. The summed E-state index contributed by atoms with van der Waals surface area (Å²) in [4.78, 5) is 24.3. The van der Waals surface area contributed by atoms with Gasteiger partial charge in [-0.1, -0.05) is 0 Å². The van der Waals surface area contributed by atoms with Gasteiger partial charge in [-0.15, -0.1) is 0 Å². The molecule has 0 aromatic rings. The lowest BCUT2D eigenvalue weighted by Crippen LogP contribution is -2.62. The van der Waals surface area contributed by atoms with Crippen LogP contribution < -0.4 is 10.6 Å². The van der Waals surface area contributed by atoms with E-state index in [1.54, 1.807) is 0 Å². The predicted molar refractivity (Wildman–Crippen MR) is 47.7 cm³/mol. The van der Waals surface area contributed by atoms with E-state index in [9.17, 15) is 9.59 Å². The fourth-order valence-corrected chi connectivity index (χ4v) is 1.71. The Bertz CT molecular complexity index is 250. The van der Waals surface area contributed by atoms with E-state index in [0.717, 1.165) is 13.1 Å². The topological polar surface area (TPSA) is 70.7 Å². The Labute approximate surface area is 81.6 Å². The van der Waals surface area contributed by atoms with Crippen LogP contribution in [-0.4, -0.2) is 55.7 Å². The van der Waals surface area contributed by atoms with Crippen LogP contribution in [0.1, 0.15) is 0 Å². The molecule has 2 saturated heterocycles. The van der Waals surface area contributed by atoms with Crippen molar-refractivity contribution in [3.63, 3.8) is 0 Å². The fraction of sp³-hybridized carbons (Fsp3) is 0.750. The van der Waals surface area contributed by atoms with Crippen molar-refractivity contribution < 1.29 is 14.3 Å². The van der Waals surface area contributed by atoms with Crippen LogP contribution in [0.3, 0.4) is 0 Å². The van der Waals surface area contributed by atoms with Crippen molar-refractivity contribution in [2.45, 2.75) is 6.04 Å². The monoisotopic (exact) mass is 199 g/mol. The summed E-state index contributed by atoms with van der Waals surface area (Å²) in [5.41, 5.74) is 0. The molecule has 2 N–H and O–H groups in total. The zero-order chi connectivity index (χ0) is 9.97. The normalized spacial score (nSPS) is 29.6. The average molecular weight is 199 g/mol. The van der Waals surface area contributed by atoms with Crippen molar-refractivity contribution in [2.75, 3.05) is 32.8 Å². The highest BCUT2D eigenvalue weighted by Gasteiger charge is 2.31. The van der Waals surface area contributed by atoms with Crippen LogP contribution in [0.15, 0.2) is 0 Å². The van der Waals surface area contributed by atoms with Crippen molar-refractivity contribution in [1.82, 2.24) is 15.5 Å². The van der Waals surface area contributed by atoms with E-state index >= 15 is 0 Å². The Morgan fingerprint density at radius 1 is 1.29 bits per heavy atom. The molecule has 0 spiro atoms. The number of morpholine rings is 1. The van der Waals surface area contributed by atoms with Crippen LogP contribution in [0, 0.1) is 0 Å². The summed E-state index contributed by atoms with van der Waals surface area (Å²) in [5, 5.41) is 4.86. The number of nitrogens with zero attached hydrogens (tertiary/aromatic N) is 1. The van der Waals surface area contributed by atoms with Crippen molar-refractivity contribution in [2.24, 2.45) is 0 Å². The summed E-state index contributed by atoms with van der Waals surface area (Å²) in [6.07, 6.45) is 0. The lowest BCUT2D eigenvalue weighted by molar-refractivity contribution is -0.127. The highest BCUT2D eigenvalue weighted by molar-refractivity contribution is 5.99. The van der Waals surface area contributed by atoms with Gasteiger partial charge >= 0.3 is 6.03 Å². The molecular weight excluding hydrogens is 186 g/mol. The molecule has 0 saturated carbocycles. The predicted octanol–water partition coefficient (Wildman–Crippen LogP) is -1.47. The molecular formula is C8H13N3O3. The van der Waals surface area contributed by atoms with Gasteiger partial charge in [-0.3, -0.25) is 15.0 Å². The molecule has 0 radical (unpaired) electrons. The molecule has 78 valence electrons. The zero-order valence-corrected chi connectivity index (χ0v) is 7.78. The second kappa shape index (κ2) is 3.93. The maximum absolute atomic E-state index is 11.4. The molecule has 0 aliphatic carbocycles. The van der Waals surface area contributed by atoms with E-state index in [4.69, 9.17) is 4.74 Å². The van der Waals surface area contributed by atoms with Gasteiger partial charge in [-0.05, 0) is 0 Å². The quantitative estimate of drug-likeness (QED) is 0.540. The molecule has 0 aromatic carbocycles. The lowest BCUT2D eigenvalue weighted by Gasteiger charge is -2.35. The van der Waals surface area contributed by atoms with Crippen LogP contribution in [0.25, 0.3) is 0 Å². The Morgan fingerprint density at radius 2 is 2.00 bits per heavy atom. The van der Waals surface area contributed by atoms with Gasteiger partial charge in [0.1, 0.15) is 6.04 Å². The molecule has 14 heavy (non-hydrogen) atoms. The van der Waals surface area contributed by atoms with Crippen LogP contribution in [0.2, 0.25) is 0 Å². The summed E-state index contributed by atoms with van der Waals surface area (Å²) < 4.78 is 5.19. The number of carbonyl (C=O) groups excluding carboxylic acids is 2. The summed E-state index contributed by atoms with van der Waals surface area (Å²) in [7, 11) is 0. The second-order valence-corrected chi connectivity index (χ2v) is 3.36. The van der Waals surface area contributed by atoms with Crippen molar-refractivity contribution in [1.29, 1.82) is 0 Å². The van der Waals surface area contributed by atoms with Crippen molar-refractivity contribution in [3.05, 3.63) is 0 Å². The summed E-state index contributed by atoms with van der Waals surface area (Å²) >= 11 is 0. The molecule has 1 unspecified atom stereocenters. The van der Waals surface area contributed by atoms with E-state index in [0.29, 0.717) is 19.8 Å². The number of hydrogen-bond acceptors (Lipinski definition) is 4. The Morgan fingerprint density at radius 3 is 2.64 bits per heavy atom. The van der Waals surface area contributed by atoms with Crippen molar-refractivity contribution >= 4 is 11.9 Å². The lowest BCUT2D eigenvalue weighted by atomic mass is 10.2. The molecule has 2 aliphatic heterocycles. The van der Waals surface area contributed by atoms with Gasteiger partial charge in [-0.25, -0.2) is 4.79 Å². The maximum atomic E-state index is 11.4. The minimum Gasteiger partial charge on any atom is -0.379 e. The summed E-state index contributed by atoms with van der Waals surface area (Å²) in [6, 6.07) is -0.642. The second-order valence-electron chi connectivity index (χ2n) is 3.36. The molecule has 2 fully saturated rings. The van der Waals surface area contributed by atoms with E-state index in [2.05, 4.69) is 10.6 Å². The smallest absolute Gasteiger partial charge is 0.321 e. The first-order valence-electron chi connectivity index (χ1n) is 4.68. The highest BCUT2D eigenvalue weighted by atomic mass is 16.5. The standard InChI is InChI=1S/C8H13N3O3/c12-7-6(5-9-8(13)10-7)11-1-3-14-4-2-11/h6H,1-5H2,(H2,9,10,12,13). The molecule has 0 aromatic heterocycles. The SMILES string of the molecule is O=C1NCC(N2CCOCC2)C(=O)N1. The number of imide groups is 1. The minimum atomic E-state index is -0.403. The van der Waals surface area contributed by atoms with E-state index in [-0.39, 0.29) is 11.9 Å². The Kier molecular flexibility index (Phi) is 2.64. The van der Waals surface area contributed by atoms with Crippen LogP contribution in [0.4, 0.5) is 4.79 Å². The number of ether oxygens (including phenoxy) is 1. The van der Waals surface area contributed by atoms with Gasteiger partial charge in [0.15, 0.2) is 0 Å². The van der Waals surface area contributed by atoms with Gasteiger partial charge in [0.2, 0.25) is 5.91 Å². The van der Waals surface area contributed by atoms with Crippen molar-refractivity contribution in [3.8, 4) is 0 Å². The first-order chi connectivity index (χ1) is 6.77. The van der Waals surface area contributed by atoms with Gasteiger partial charge in [0.25, 0.3) is 0 Å². The molecule has 2 aliphatic rings. The molecule has 2 rings (SSSR count). The summed E-state index contributed by atoms with van der Waals surface area (Å²) in [5.74, 6) is -0.212. The largest absolute Gasteiger partial charge is 0.379 e. The van der Waals surface area contributed by atoms with E-state index in [1.165, 1.54) is 0 Å². The third kappa shape index (κ3) is 1.85. The first-order valence-corrected chi connectivity index (χ1v) is 4.68. The van der Waals surface area contributed by atoms with Crippen LogP contribution in [-0.2, 0) is 9.53 Å². The number of rotatable bonds is 1. The van der Waals surface area contributed by atoms with Crippen LogP contribution >= 0.6 is 0 Å². The van der Waals surface area contributed by atoms with E-state index in [1.807, 2.05) is 4.90 Å². The van der Waals surface area contributed by atoms with Gasteiger partial charge in [0, 0.05) is 19.6 Å². The Balaban J connectivity index is 1.95. The molecule has 1 atom stereocenters. The maximum Gasteiger partial charge on any atom is 0.321 e. The van der Waals surface area contributed by atoms with Gasteiger partial charge in [-0.2, -0.15) is 0 Å². The molecule has 2 heterocycles. The van der Waals surface area contributed by atoms with E-state index < -0.39 is 6.03 Å². The molecule has 6 heteroatoms. The highest BCUT2D eigenvalue weighted by Crippen LogP contribution is 2.05. The summed E-state index contributed by atoms with van der Waals surface area (Å²) in [6.45, 7) is 3.18. The number of urea groups is 1. The average Bonchev–Trinajstić information content (AvgIpc) is 2.19. The first kappa shape index (κ1) is 9.42. The Hall–Kier alpha value is -1.14. The number of amides is 3. The molecule has 0 bridgehead atoms. The fourth-order valence-electron chi connectivity index (χ4n) is 1.71. The number of nitrogens with one attached hydrogen (secondary N) is 2. The van der Waals surface area contributed by atoms with Gasteiger partial charge in [0.05, 0.1) is 13.2 Å². The van der Waals surface area contributed by atoms with Crippen LogP contribution in [0.5, 0.6) is 0 Å². The van der Waals surface area contributed by atoms with Gasteiger partial charge < -0.3 is 10.1 Å². The number of hydrogen-bond donors (Lipinski definition) is 2.